The molecule has 0 spiro atoms. The van der Waals surface area contributed by atoms with E-state index in [9.17, 15) is 18.0 Å². The maximum absolute atomic E-state index is 12.4. The van der Waals surface area contributed by atoms with Crippen LogP contribution in [0.5, 0.6) is 0 Å². The van der Waals surface area contributed by atoms with Crippen molar-refractivity contribution < 1.29 is 22.1 Å². The van der Waals surface area contributed by atoms with E-state index in [-0.39, 0.29) is 16.9 Å². The average Bonchev–Trinajstić information content (AvgIpc) is 3.21. The summed E-state index contributed by atoms with van der Waals surface area (Å²) in [7, 11) is 0. The minimum absolute atomic E-state index is 0.232. The molecule has 2 aromatic carbocycles. The third-order valence-electron chi connectivity index (χ3n) is 4.28. The zero-order valence-electron chi connectivity index (χ0n) is 15.4. The SMILES string of the molecule is Cc1nc2c(-c3cccc(SOC(F)(F)F)c3)c(-c3ccccc3C(N)=O)[nH]c2s1. The molecule has 5 nitrogen and oxygen atoms in total. The van der Waals surface area contributed by atoms with E-state index < -0.39 is 12.3 Å². The number of nitrogens with one attached hydrogen (secondary N) is 1. The van der Waals surface area contributed by atoms with Crippen LogP contribution >= 0.6 is 23.4 Å². The maximum Gasteiger partial charge on any atom is 0.533 e. The minimum Gasteiger partial charge on any atom is -0.366 e. The molecule has 0 fully saturated rings. The first-order chi connectivity index (χ1) is 14.2. The molecule has 3 N–H and O–H groups in total. The Hall–Kier alpha value is -2.82. The number of hydrogen-bond acceptors (Lipinski definition) is 5. The highest BCUT2D eigenvalue weighted by molar-refractivity contribution is 7.94. The predicted molar refractivity (Wildman–Crippen MR) is 111 cm³/mol. The summed E-state index contributed by atoms with van der Waals surface area (Å²) in [6.07, 6.45) is -4.75. The molecule has 0 aliphatic carbocycles. The number of rotatable bonds is 5. The highest BCUT2D eigenvalue weighted by Crippen LogP contribution is 2.42. The number of halogens is 3. The molecule has 0 saturated heterocycles. The van der Waals surface area contributed by atoms with Crippen LogP contribution in [-0.4, -0.2) is 22.2 Å². The van der Waals surface area contributed by atoms with Crippen LogP contribution in [0.3, 0.4) is 0 Å². The lowest BCUT2D eigenvalue weighted by Crippen LogP contribution is -2.12. The summed E-state index contributed by atoms with van der Waals surface area (Å²) in [5.41, 5.74) is 9.07. The van der Waals surface area contributed by atoms with Crippen molar-refractivity contribution in [2.75, 3.05) is 0 Å². The zero-order chi connectivity index (χ0) is 21.5. The lowest BCUT2D eigenvalue weighted by atomic mass is 9.97. The van der Waals surface area contributed by atoms with Gasteiger partial charge in [-0.2, -0.15) is 0 Å². The van der Waals surface area contributed by atoms with Gasteiger partial charge in [-0.05, 0) is 30.7 Å². The Morgan fingerprint density at radius 3 is 2.70 bits per heavy atom. The van der Waals surface area contributed by atoms with Crippen molar-refractivity contribution in [1.82, 2.24) is 9.97 Å². The lowest BCUT2D eigenvalue weighted by molar-refractivity contribution is -0.266. The van der Waals surface area contributed by atoms with E-state index in [0.29, 0.717) is 33.5 Å². The average molecular weight is 449 g/mol. The summed E-state index contributed by atoms with van der Waals surface area (Å²) >= 11 is 1.68. The molecule has 2 heterocycles. The van der Waals surface area contributed by atoms with Gasteiger partial charge in [-0.3, -0.25) is 4.79 Å². The fourth-order valence-electron chi connectivity index (χ4n) is 3.17. The molecule has 1 amide bonds. The Morgan fingerprint density at radius 2 is 1.97 bits per heavy atom. The van der Waals surface area contributed by atoms with E-state index in [1.54, 1.807) is 42.5 Å². The Kier molecular flexibility index (Phi) is 5.31. The van der Waals surface area contributed by atoms with Gasteiger partial charge in [0.05, 0.1) is 10.7 Å². The maximum atomic E-state index is 12.4. The van der Waals surface area contributed by atoms with E-state index in [1.165, 1.54) is 17.4 Å². The van der Waals surface area contributed by atoms with Crippen LogP contribution in [0.4, 0.5) is 13.2 Å². The van der Waals surface area contributed by atoms with Crippen LogP contribution in [0.1, 0.15) is 15.4 Å². The molecule has 4 rings (SSSR count). The molecule has 0 saturated carbocycles. The van der Waals surface area contributed by atoms with Crippen molar-refractivity contribution in [3.8, 4) is 22.4 Å². The monoisotopic (exact) mass is 449 g/mol. The molecule has 30 heavy (non-hydrogen) atoms. The van der Waals surface area contributed by atoms with Gasteiger partial charge >= 0.3 is 6.36 Å². The first-order valence-electron chi connectivity index (χ1n) is 8.64. The van der Waals surface area contributed by atoms with E-state index in [4.69, 9.17) is 5.73 Å². The number of thiazole rings is 1. The van der Waals surface area contributed by atoms with Crippen LogP contribution in [0, 0.1) is 6.92 Å². The molecule has 0 unspecified atom stereocenters. The van der Waals surface area contributed by atoms with Crippen LogP contribution in [0.2, 0.25) is 0 Å². The second kappa shape index (κ2) is 7.78. The summed E-state index contributed by atoms with van der Waals surface area (Å²) in [5.74, 6) is -0.582. The number of aromatic nitrogens is 2. The molecule has 2 aromatic heterocycles. The number of carbonyl (C=O) groups is 1. The second-order valence-electron chi connectivity index (χ2n) is 6.34. The first-order valence-corrected chi connectivity index (χ1v) is 10.2. The van der Waals surface area contributed by atoms with Gasteiger partial charge in [0, 0.05) is 33.6 Å². The molecule has 4 aromatic rings. The van der Waals surface area contributed by atoms with Gasteiger partial charge in [-0.25, -0.2) is 9.17 Å². The summed E-state index contributed by atoms with van der Waals surface area (Å²) in [6.45, 7) is 1.86. The van der Waals surface area contributed by atoms with Gasteiger partial charge in [0.2, 0.25) is 5.91 Å². The molecular formula is C20H14F3N3O2S2. The van der Waals surface area contributed by atoms with E-state index in [1.807, 2.05) is 6.92 Å². The molecule has 0 aliphatic rings. The number of aryl methyl sites for hydroxylation is 1. The Morgan fingerprint density at radius 1 is 1.20 bits per heavy atom. The van der Waals surface area contributed by atoms with Crippen LogP contribution in [0.25, 0.3) is 32.7 Å². The Balaban J connectivity index is 1.89. The number of amides is 1. The molecule has 0 aliphatic heterocycles. The van der Waals surface area contributed by atoms with Crippen LogP contribution < -0.4 is 5.73 Å². The standard InChI is InChI=1S/C20H14F3N3O2S2/c1-10-25-17-15(11-5-4-6-12(9-11)30-28-20(21,22)23)16(26-19(17)29-10)13-7-2-3-8-14(13)18(24)27/h2-9,26H,1H3,(H2,24,27). The topological polar surface area (TPSA) is 81.0 Å². The normalized spacial score (nSPS) is 11.9. The van der Waals surface area contributed by atoms with Crippen molar-refractivity contribution in [1.29, 1.82) is 0 Å². The zero-order valence-corrected chi connectivity index (χ0v) is 17.0. The van der Waals surface area contributed by atoms with E-state index in [0.717, 1.165) is 9.84 Å². The number of nitrogens with two attached hydrogens (primary N) is 1. The molecule has 0 radical (unpaired) electrons. The third kappa shape index (κ3) is 4.07. The minimum atomic E-state index is -4.75. The molecule has 154 valence electrons. The van der Waals surface area contributed by atoms with Gasteiger partial charge < -0.3 is 10.7 Å². The van der Waals surface area contributed by atoms with E-state index in [2.05, 4.69) is 14.2 Å². The van der Waals surface area contributed by atoms with Gasteiger partial charge in [0.1, 0.15) is 10.3 Å². The number of primary amides is 1. The Bertz CT molecular complexity index is 1250. The summed E-state index contributed by atoms with van der Waals surface area (Å²) in [4.78, 5) is 20.9. The first kappa shape index (κ1) is 20.5. The molecule has 0 atom stereocenters. The number of carbonyl (C=O) groups excluding carboxylic acids is 1. The van der Waals surface area contributed by atoms with Gasteiger partial charge in [0.25, 0.3) is 0 Å². The van der Waals surface area contributed by atoms with E-state index >= 15 is 0 Å². The highest BCUT2D eigenvalue weighted by Gasteiger charge is 2.30. The summed E-state index contributed by atoms with van der Waals surface area (Å²) in [6, 6.07) is 13.4. The fourth-order valence-corrected chi connectivity index (χ4v) is 4.50. The number of nitrogens with zero attached hydrogens (tertiary/aromatic N) is 1. The van der Waals surface area contributed by atoms with Gasteiger partial charge in [0.15, 0.2) is 0 Å². The smallest absolute Gasteiger partial charge is 0.366 e. The van der Waals surface area contributed by atoms with Crippen molar-refractivity contribution in [3.05, 3.63) is 59.1 Å². The number of aromatic amines is 1. The Labute approximate surface area is 177 Å². The van der Waals surface area contributed by atoms with Crippen molar-refractivity contribution >= 4 is 39.6 Å². The van der Waals surface area contributed by atoms with Gasteiger partial charge in [-0.15, -0.1) is 24.5 Å². The number of H-pyrrole nitrogens is 1. The second-order valence-corrected chi connectivity index (χ2v) is 8.34. The largest absolute Gasteiger partial charge is 0.533 e. The molecule has 0 bridgehead atoms. The number of fused-ring (bicyclic) bond motifs is 1. The number of benzene rings is 2. The summed E-state index contributed by atoms with van der Waals surface area (Å²) < 4.78 is 41.2. The fraction of sp³-hybridized carbons (Fsp3) is 0.100. The predicted octanol–water partition coefficient (Wildman–Crippen LogP) is 5.91. The molecule has 10 heteroatoms. The molecular weight excluding hydrogens is 435 g/mol. The van der Waals surface area contributed by atoms with Crippen molar-refractivity contribution in [2.45, 2.75) is 18.2 Å². The van der Waals surface area contributed by atoms with Crippen LogP contribution in [-0.2, 0) is 4.18 Å². The van der Waals surface area contributed by atoms with Gasteiger partial charge in [-0.1, -0.05) is 30.3 Å². The lowest BCUT2D eigenvalue weighted by Gasteiger charge is -2.10. The van der Waals surface area contributed by atoms with Crippen LogP contribution in [0.15, 0.2) is 53.4 Å². The quantitative estimate of drug-likeness (QED) is 0.371. The van der Waals surface area contributed by atoms with Crippen molar-refractivity contribution in [2.24, 2.45) is 5.73 Å². The van der Waals surface area contributed by atoms with Crippen molar-refractivity contribution in [3.63, 3.8) is 0 Å². The number of alkyl halides is 3. The number of hydrogen-bond donors (Lipinski definition) is 2. The third-order valence-corrected chi connectivity index (χ3v) is 5.88. The highest BCUT2D eigenvalue weighted by atomic mass is 32.2. The summed E-state index contributed by atoms with van der Waals surface area (Å²) in [5, 5.41) is 0.832.